The Hall–Kier alpha value is -8.07. The number of ether oxygens (including phenoxy) is 2. The largest absolute Gasteiger partial charge is 0.489 e. The molecule has 1 aliphatic carbocycles. The summed E-state index contributed by atoms with van der Waals surface area (Å²) in [6.45, 7) is 6.56. The van der Waals surface area contributed by atoms with Crippen LogP contribution in [0.1, 0.15) is 104 Å². The van der Waals surface area contributed by atoms with E-state index in [2.05, 4.69) is 53.7 Å². The minimum absolute atomic E-state index is 0.0551. The normalized spacial score (nSPS) is 15.8. The Labute approximate surface area is 450 Å². The molecular formula is C55H62N10O12S. The van der Waals surface area contributed by atoms with Gasteiger partial charge in [-0.2, -0.15) is 0 Å². The van der Waals surface area contributed by atoms with E-state index in [0.717, 1.165) is 64.2 Å². The highest BCUT2D eigenvalue weighted by atomic mass is 32.2. The Kier molecular flexibility index (Phi) is 17.0. The third-order valence-electron chi connectivity index (χ3n) is 13.9. The summed E-state index contributed by atoms with van der Waals surface area (Å²) in [5.41, 5.74) is 5.99. The van der Waals surface area contributed by atoms with Crippen molar-refractivity contribution in [2.45, 2.75) is 122 Å². The molecule has 78 heavy (non-hydrogen) atoms. The van der Waals surface area contributed by atoms with Crippen LogP contribution in [-0.2, 0) is 88.1 Å². The van der Waals surface area contributed by atoms with Crippen LogP contribution in [0.15, 0.2) is 58.7 Å². The summed E-state index contributed by atoms with van der Waals surface area (Å²) in [4.78, 5) is 104. The standard InChI is InChI=1S/C55H62N10O12S/c1-7-55(73)40-21-42-49-38(27-65(42)52(71)39(40)29-77-53(55)72)36-13-11-14-37-43(19-18-41(63-49)47(36)37)76-28-33-16-17-35(20-34(33)24-56-5)62-50(69)31(4)61-51(70)48(30(2)3)64-46(68)26-58-45(67)25-57-44(66)15-10-8-9-12-32-22-59-54(60-23-32)78(6,74)75/h16-23,30-31,48,56,73H,7-8,10-11,13-15,24-29H2,1-6H3,(H,57,66)(H,58,67)(H,61,70)(H,62,69)(H,64,68)/t31-,48-,55-/m0/s1. The Morgan fingerprint density at radius 2 is 1.63 bits per heavy atom. The number of pyridine rings is 2. The first-order chi connectivity index (χ1) is 37.2. The second-order valence-corrected chi connectivity index (χ2v) is 21.8. The molecule has 2 aromatic carbocycles. The van der Waals surface area contributed by atoms with Crippen molar-refractivity contribution in [3.8, 4) is 29.0 Å². The molecule has 7 N–H and O–H groups in total. The van der Waals surface area contributed by atoms with E-state index in [1.165, 1.54) is 19.3 Å². The summed E-state index contributed by atoms with van der Waals surface area (Å²) in [5, 5.41) is 28.2. The third-order valence-corrected chi connectivity index (χ3v) is 14.8. The van der Waals surface area contributed by atoms with Crippen LogP contribution in [0.3, 0.4) is 0 Å². The van der Waals surface area contributed by atoms with Crippen molar-refractivity contribution >= 4 is 61.9 Å². The fraction of sp³-hybridized carbons (Fsp3) is 0.418. The molecule has 0 radical (unpaired) electrons. The third kappa shape index (κ3) is 12.2. The van der Waals surface area contributed by atoms with Gasteiger partial charge in [0.25, 0.3) is 5.56 Å². The topological polar surface area (TPSA) is 308 Å². The molecule has 3 aliphatic rings. The number of aliphatic hydroxyl groups is 1. The predicted octanol–water partition coefficient (Wildman–Crippen LogP) is 2.10. The van der Waals surface area contributed by atoms with Crippen LogP contribution in [0.5, 0.6) is 5.75 Å². The molecule has 5 amide bonds. The van der Waals surface area contributed by atoms with Crippen molar-refractivity contribution in [1.29, 1.82) is 0 Å². The molecule has 8 rings (SSSR count). The van der Waals surface area contributed by atoms with Gasteiger partial charge in [-0.15, -0.1) is 0 Å². The highest BCUT2D eigenvalue weighted by molar-refractivity contribution is 7.90. The number of nitrogens with one attached hydrogen (secondary N) is 6. The molecule has 0 saturated carbocycles. The lowest BCUT2D eigenvalue weighted by Crippen LogP contribution is -2.55. The molecule has 0 saturated heterocycles. The molecule has 5 aromatic rings. The van der Waals surface area contributed by atoms with Crippen LogP contribution in [0, 0.1) is 17.8 Å². The molecule has 0 fully saturated rings. The van der Waals surface area contributed by atoms with Crippen molar-refractivity contribution < 1.29 is 51.8 Å². The number of amides is 5. The first kappa shape index (κ1) is 56.1. The molecule has 410 valence electrons. The minimum atomic E-state index is -3.53. The molecule has 0 spiro atoms. The summed E-state index contributed by atoms with van der Waals surface area (Å²) < 4.78 is 36.5. The zero-order chi connectivity index (χ0) is 56.1. The lowest BCUT2D eigenvalue weighted by atomic mass is 9.85. The number of hydrogen-bond donors (Lipinski definition) is 7. The highest BCUT2D eigenvalue weighted by Gasteiger charge is 2.45. The smallest absolute Gasteiger partial charge is 0.343 e. The van der Waals surface area contributed by atoms with Gasteiger partial charge < -0.3 is 51.0 Å². The fourth-order valence-corrected chi connectivity index (χ4v) is 10.2. The van der Waals surface area contributed by atoms with E-state index in [0.29, 0.717) is 54.3 Å². The number of aryl methyl sites for hydroxylation is 2. The van der Waals surface area contributed by atoms with Crippen LogP contribution >= 0.6 is 0 Å². The number of fused-ring (bicyclic) bond motifs is 5. The van der Waals surface area contributed by atoms with E-state index in [-0.39, 0.29) is 54.4 Å². The summed E-state index contributed by atoms with van der Waals surface area (Å²) in [7, 11) is -1.72. The maximum atomic E-state index is 13.9. The molecule has 0 unspecified atom stereocenters. The van der Waals surface area contributed by atoms with E-state index >= 15 is 0 Å². The molecular weight excluding hydrogens is 1020 g/mol. The van der Waals surface area contributed by atoms with Crippen molar-refractivity contribution in [3.63, 3.8) is 0 Å². The molecule has 2 aliphatic heterocycles. The number of anilines is 1. The molecule has 0 bridgehead atoms. The number of carbonyl (C=O) groups is 6. The summed E-state index contributed by atoms with van der Waals surface area (Å²) in [6, 6.07) is 8.94. The molecule has 3 aromatic heterocycles. The van der Waals surface area contributed by atoms with E-state index in [1.54, 1.807) is 44.5 Å². The van der Waals surface area contributed by atoms with Gasteiger partial charge >= 0.3 is 5.97 Å². The fourth-order valence-electron chi connectivity index (χ4n) is 9.74. The van der Waals surface area contributed by atoms with E-state index in [1.807, 2.05) is 24.3 Å². The maximum absolute atomic E-state index is 13.9. The lowest BCUT2D eigenvalue weighted by molar-refractivity contribution is -0.172. The summed E-state index contributed by atoms with van der Waals surface area (Å²) >= 11 is 0. The molecule has 22 nitrogen and oxygen atoms in total. The van der Waals surface area contributed by atoms with Gasteiger partial charge in [-0.05, 0) is 99.0 Å². The summed E-state index contributed by atoms with van der Waals surface area (Å²) in [6.07, 6.45) is 6.84. The Morgan fingerprint density at radius 3 is 2.35 bits per heavy atom. The van der Waals surface area contributed by atoms with Gasteiger partial charge in [0, 0.05) is 65.8 Å². The number of nitrogens with zero attached hydrogens (tertiary/aromatic N) is 4. The zero-order valence-electron chi connectivity index (χ0n) is 44.2. The van der Waals surface area contributed by atoms with Crippen LogP contribution in [0.2, 0.25) is 0 Å². The second-order valence-electron chi connectivity index (χ2n) is 19.9. The van der Waals surface area contributed by atoms with Crippen molar-refractivity contribution in [3.05, 3.63) is 104 Å². The van der Waals surface area contributed by atoms with Gasteiger partial charge in [0.15, 0.2) is 5.60 Å². The van der Waals surface area contributed by atoms with Gasteiger partial charge in [0.1, 0.15) is 31.0 Å². The Morgan fingerprint density at radius 1 is 0.897 bits per heavy atom. The van der Waals surface area contributed by atoms with Gasteiger partial charge in [0.2, 0.25) is 44.5 Å². The number of benzene rings is 2. The van der Waals surface area contributed by atoms with Gasteiger partial charge in [-0.25, -0.2) is 28.2 Å². The van der Waals surface area contributed by atoms with Gasteiger partial charge in [-0.1, -0.05) is 38.7 Å². The quantitative estimate of drug-likeness (QED) is 0.0249. The number of hydrogen-bond acceptors (Lipinski definition) is 16. The average Bonchev–Trinajstić information content (AvgIpc) is 4.04. The molecule has 23 heteroatoms. The Bertz CT molecular complexity index is 3480. The first-order valence-corrected chi connectivity index (χ1v) is 27.6. The number of aromatic nitrogens is 4. The highest BCUT2D eigenvalue weighted by Crippen LogP contribution is 2.44. The first-order valence-electron chi connectivity index (χ1n) is 25.7. The van der Waals surface area contributed by atoms with Gasteiger partial charge in [-0.3, -0.25) is 28.8 Å². The second kappa shape index (κ2) is 23.7. The van der Waals surface area contributed by atoms with Crippen LogP contribution in [0.25, 0.3) is 22.3 Å². The van der Waals surface area contributed by atoms with Crippen molar-refractivity contribution in [2.24, 2.45) is 5.92 Å². The number of esters is 1. The monoisotopic (exact) mass is 1090 g/mol. The number of carbonyl (C=O) groups excluding carboxylic acids is 6. The number of sulfone groups is 1. The predicted molar refractivity (Wildman–Crippen MR) is 285 cm³/mol. The van der Waals surface area contributed by atoms with E-state index < -0.39 is 75.5 Å². The van der Waals surface area contributed by atoms with E-state index in [9.17, 15) is 47.1 Å². The Balaban J connectivity index is 0.818. The van der Waals surface area contributed by atoms with Crippen LogP contribution in [-0.4, -0.2) is 107 Å². The van der Waals surface area contributed by atoms with Gasteiger partial charge in [0.05, 0.1) is 47.7 Å². The molecule has 5 heterocycles. The van der Waals surface area contributed by atoms with Crippen LogP contribution in [0.4, 0.5) is 5.69 Å². The van der Waals surface area contributed by atoms with Crippen LogP contribution < -0.4 is 42.2 Å². The minimum Gasteiger partial charge on any atom is -0.489 e. The summed E-state index contributed by atoms with van der Waals surface area (Å²) in [5.74, 6) is 2.39. The van der Waals surface area contributed by atoms with Crippen molar-refractivity contribution in [2.75, 3.05) is 31.7 Å². The zero-order valence-corrected chi connectivity index (χ0v) is 45.0. The maximum Gasteiger partial charge on any atom is 0.343 e. The van der Waals surface area contributed by atoms with Crippen molar-refractivity contribution in [1.82, 2.24) is 46.1 Å². The molecule has 3 atom stereocenters. The SMILES string of the molecule is CC[C@@]1(O)C(=O)OCc2c1cc1n(c2=O)Cc2c-1nc1ccc(OCc3ccc(NC(=O)[C@H](C)NC(=O)[C@@H](NC(=O)CNC(=O)CNC(=O)CCCC#Cc4cnc(S(C)(=O)=O)nc4)C(C)C)cc3CNC)c3c1c2CCC3. The van der Waals surface area contributed by atoms with E-state index in [4.69, 9.17) is 14.5 Å². The number of rotatable bonds is 20. The average molecular weight is 1090 g/mol. The lowest BCUT2D eigenvalue weighted by Gasteiger charge is -2.31. The number of cyclic esters (lactones) is 1. The number of unbranched alkanes of at least 4 members (excludes halogenated alkanes) is 1.